The lowest BCUT2D eigenvalue weighted by molar-refractivity contribution is 0.0972. The molecule has 0 fully saturated rings. The Kier molecular flexibility index (Phi) is 7.61. The van der Waals surface area contributed by atoms with Gasteiger partial charge in [0, 0.05) is 33.0 Å². The molecule has 0 saturated carbocycles. The van der Waals surface area contributed by atoms with Gasteiger partial charge in [-0.1, -0.05) is 11.6 Å². The van der Waals surface area contributed by atoms with E-state index in [0.717, 1.165) is 5.69 Å². The van der Waals surface area contributed by atoms with Gasteiger partial charge in [-0.05, 0) is 18.2 Å². The Morgan fingerprint density at radius 2 is 2.21 bits per heavy atom. The summed E-state index contributed by atoms with van der Waals surface area (Å²) in [5, 5.41) is 3.87. The Morgan fingerprint density at radius 3 is 2.71 bits per heavy atom. The van der Waals surface area contributed by atoms with Gasteiger partial charge in [0.2, 0.25) is 0 Å². The summed E-state index contributed by atoms with van der Waals surface area (Å²) in [6, 6.07) is 5.17. The van der Waals surface area contributed by atoms with Crippen LogP contribution in [0.15, 0.2) is 33.8 Å². The van der Waals surface area contributed by atoms with Crippen molar-refractivity contribution >= 4 is 47.4 Å². The maximum absolute atomic E-state index is 11.0. The highest BCUT2D eigenvalue weighted by molar-refractivity contribution is 14.0. The molecule has 0 aromatic carbocycles. The van der Waals surface area contributed by atoms with Crippen LogP contribution in [0, 0.1) is 0 Å². The number of rotatable bonds is 5. The minimum Gasteiger partial charge on any atom is -0.454 e. The fraction of sp³-hybridized carbons (Fsp3) is 0.333. The number of halogens is 2. The zero-order valence-corrected chi connectivity index (χ0v) is 16.8. The van der Waals surface area contributed by atoms with E-state index in [4.69, 9.17) is 21.8 Å². The number of carbonyl (C=O) groups is 1. The number of furan rings is 1. The summed E-state index contributed by atoms with van der Waals surface area (Å²) in [4.78, 5) is 17.2. The molecule has 0 aliphatic heterocycles. The molecule has 0 aliphatic carbocycles. The predicted octanol–water partition coefficient (Wildman–Crippen LogP) is 2.20. The first kappa shape index (κ1) is 20.4. The number of aliphatic imine (C=N–C) groups is 1. The first-order valence-electron chi connectivity index (χ1n) is 7.01. The van der Waals surface area contributed by atoms with E-state index in [2.05, 4.69) is 10.3 Å². The monoisotopic (exact) mass is 465 g/mol. The van der Waals surface area contributed by atoms with Gasteiger partial charge in [-0.2, -0.15) is 0 Å². The third kappa shape index (κ3) is 5.17. The van der Waals surface area contributed by atoms with Crippen LogP contribution in [-0.2, 0) is 20.1 Å². The normalized spacial score (nSPS) is 11.1. The first-order valence-corrected chi connectivity index (χ1v) is 7.39. The molecule has 2 rings (SSSR count). The number of nitrogens with two attached hydrogens (primary N) is 1. The van der Waals surface area contributed by atoms with Gasteiger partial charge in [-0.3, -0.25) is 9.79 Å². The van der Waals surface area contributed by atoms with Gasteiger partial charge in [0.25, 0.3) is 5.91 Å². The van der Waals surface area contributed by atoms with Crippen LogP contribution in [0.5, 0.6) is 0 Å². The van der Waals surface area contributed by atoms with Crippen LogP contribution in [0.2, 0.25) is 5.02 Å². The number of hydrogen-bond acceptors (Lipinski definition) is 3. The molecule has 7 nitrogen and oxygen atoms in total. The molecular formula is C15H21ClIN5O2. The van der Waals surface area contributed by atoms with Gasteiger partial charge in [0.1, 0.15) is 5.76 Å². The van der Waals surface area contributed by atoms with Gasteiger partial charge < -0.3 is 24.9 Å². The fourth-order valence-corrected chi connectivity index (χ4v) is 2.47. The van der Waals surface area contributed by atoms with Gasteiger partial charge in [0.15, 0.2) is 11.7 Å². The van der Waals surface area contributed by atoms with Gasteiger partial charge in [-0.15, -0.1) is 24.0 Å². The van der Waals surface area contributed by atoms with E-state index < -0.39 is 5.91 Å². The standard InChI is InChI=1S/C15H20ClN5O2.HI/c1-18-15(19-7-12-4-5-13(23-12)14(17)22)21(3)9-11-6-10(16)8-20(11)2;/h4-6,8H,7,9H2,1-3H3,(H2,17,22)(H,18,19);1H. The molecule has 0 unspecified atom stereocenters. The zero-order valence-electron chi connectivity index (χ0n) is 13.7. The van der Waals surface area contributed by atoms with Crippen LogP contribution >= 0.6 is 35.6 Å². The van der Waals surface area contributed by atoms with Crippen LogP contribution in [0.25, 0.3) is 0 Å². The van der Waals surface area contributed by atoms with Crippen molar-refractivity contribution in [1.29, 1.82) is 0 Å². The van der Waals surface area contributed by atoms with Crippen LogP contribution in [0.3, 0.4) is 0 Å². The van der Waals surface area contributed by atoms with E-state index >= 15 is 0 Å². The van der Waals surface area contributed by atoms with Crippen molar-refractivity contribution in [3.63, 3.8) is 0 Å². The van der Waals surface area contributed by atoms with Crippen molar-refractivity contribution in [2.75, 3.05) is 14.1 Å². The molecule has 24 heavy (non-hydrogen) atoms. The minimum absolute atomic E-state index is 0. The smallest absolute Gasteiger partial charge is 0.284 e. The Labute approximate surface area is 162 Å². The Bertz CT molecular complexity index is 725. The van der Waals surface area contributed by atoms with Crippen molar-refractivity contribution < 1.29 is 9.21 Å². The highest BCUT2D eigenvalue weighted by Gasteiger charge is 2.11. The summed E-state index contributed by atoms with van der Waals surface area (Å²) in [6.07, 6.45) is 1.86. The van der Waals surface area contributed by atoms with E-state index in [-0.39, 0.29) is 29.7 Å². The molecule has 0 radical (unpaired) electrons. The number of aryl methyl sites for hydroxylation is 1. The van der Waals surface area contributed by atoms with Crippen molar-refractivity contribution in [2.24, 2.45) is 17.8 Å². The maximum atomic E-state index is 11.0. The third-order valence-electron chi connectivity index (χ3n) is 3.37. The zero-order chi connectivity index (χ0) is 17.0. The van der Waals surface area contributed by atoms with Crippen LogP contribution in [0.1, 0.15) is 22.0 Å². The van der Waals surface area contributed by atoms with Crippen molar-refractivity contribution in [3.8, 4) is 0 Å². The van der Waals surface area contributed by atoms with Gasteiger partial charge >= 0.3 is 0 Å². The molecule has 132 valence electrons. The number of carbonyl (C=O) groups excluding carboxylic acids is 1. The average molecular weight is 466 g/mol. The number of amides is 1. The molecule has 0 atom stereocenters. The van der Waals surface area contributed by atoms with E-state index in [0.29, 0.717) is 29.8 Å². The highest BCUT2D eigenvalue weighted by atomic mass is 127. The quantitative estimate of drug-likeness (QED) is 0.402. The fourth-order valence-electron chi connectivity index (χ4n) is 2.20. The molecule has 9 heteroatoms. The van der Waals surface area contributed by atoms with Crippen LogP contribution in [-0.4, -0.2) is 35.4 Å². The van der Waals surface area contributed by atoms with Gasteiger partial charge in [0.05, 0.1) is 18.1 Å². The predicted molar refractivity (Wildman–Crippen MR) is 105 cm³/mol. The van der Waals surface area contributed by atoms with E-state index in [1.807, 2.05) is 35.8 Å². The second-order valence-corrected chi connectivity index (χ2v) is 5.58. The lowest BCUT2D eigenvalue weighted by Crippen LogP contribution is -2.38. The summed E-state index contributed by atoms with van der Waals surface area (Å²) >= 11 is 6.00. The lowest BCUT2D eigenvalue weighted by Gasteiger charge is -2.22. The molecule has 0 spiro atoms. The van der Waals surface area contributed by atoms with Crippen molar-refractivity contribution in [2.45, 2.75) is 13.1 Å². The Morgan fingerprint density at radius 1 is 1.50 bits per heavy atom. The molecule has 3 N–H and O–H groups in total. The molecular weight excluding hydrogens is 445 g/mol. The molecule has 1 amide bonds. The molecule has 0 bridgehead atoms. The van der Waals surface area contributed by atoms with E-state index in [9.17, 15) is 4.79 Å². The molecule has 2 aromatic rings. The van der Waals surface area contributed by atoms with Crippen molar-refractivity contribution in [1.82, 2.24) is 14.8 Å². The van der Waals surface area contributed by atoms with Gasteiger partial charge in [-0.25, -0.2) is 0 Å². The number of nitrogens with zero attached hydrogens (tertiary/aromatic N) is 3. The van der Waals surface area contributed by atoms with E-state index in [1.165, 1.54) is 0 Å². The number of primary amides is 1. The Hall–Kier alpha value is -1.68. The lowest BCUT2D eigenvalue weighted by atomic mass is 10.4. The second-order valence-electron chi connectivity index (χ2n) is 5.15. The summed E-state index contributed by atoms with van der Waals surface area (Å²) in [5.41, 5.74) is 6.23. The second kappa shape index (κ2) is 8.97. The number of hydrogen-bond donors (Lipinski definition) is 2. The Balaban J connectivity index is 0.00000288. The van der Waals surface area contributed by atoms with Crippen LogP contribution < -0.4 is 11.1 Å². The summed E-state index contributed by atoms with van der Waals surface area (Å²) in [7, 11) is 5.57. The van der Waals surface area contributed by atoms with E-state index in [1.54, 1.807) is 19.2 Å². The summed E-state index contributed by atoms with van der Waals surface area (Å²) in [5.74, 6) is 0.858. The SMILES string of the molecule is CN=C(NCc1ccc(C(N)=O)o1)N(C)Cc1cc(Cl)cn1C.I. The third-order valence-corrected chi connectivity index (χ3v) is 3.58. The summed E-state index contributed by atoms with van der Waals surface area (Å²) < 4.78 is 7.30. The molecule has 0 saturated heterocycles. The summed E-state index contributed by atoms with van der Waals surface area (Å²) in [6.45, 7) is 1.05. The molecule has 2 heterocycles. The maximum Gasteiger partial charge on any atom is 0.284 e. The largest absolute Gasteiger partial charge is 0.454 e. The number of nitrogens with one attached hydrogen (secondary N) is 1. The number of guanidine groups is 1. The topological polar surface area (TPSA) is 88.8 Å². The highest BCUT2D eigenvalue weighted by Crippen LogP contribution is 2.14. The van der Waals surface area contributed by atoms with Crippen LogP contribution in [0.4, 0.5) is 0 Å². The molecule has 2 aromatic heterocycles. The number of aromatic nitrogens is 1. The first-order chi connectivity index (χ1) is 10.9. The minimum atomic E-state index is -0.585. The van der Waals surface area contributed by atoms with Crippen molar-refractivity contribution in [3.05, 3.63) is 46.6 Å². The average Bonchev–Trinajstić information content (AvgIpc) is 3.07. The molecule has 0 aliphatic rings.